The highest BCUT2D eigenvalue weighted by Crippen LogP contribution is 2.33. The Balaban J connectivity index is 1.88. The number of benzene rings is 2. The number of ether oxygens (including phenoxy) is 2. The van der Waals surface area contributed by atoms with Crippen molar-refractivity contribution in [1.29, 1.82) is 0 Å². The second-order valence-corrected chi connectivity index (χ2v) is 7.33. The third-order valence-electron chi connectivity index (χ3n) is 5.29. The number of halogens is 1. The van der Waals surface area contributed by atoms with Gasteiger partial charge in [-0.3, -0.25) is 0 Å². The molecule has 2 aromatic carbocycles. The number of carbonyl (C=O) groups excluding carboxylic acids is 2. The molecule has 0 amide bonds. The average Bonchev–Trinajstić information content (AvgIpc) is 3.28. The molecule has 164 valence electrons. The van der Waals surface area contributed by atoms with Crippen molar-refractivity contribution in [3.8, 4) is 0 Å². The molecule has 1 fully saturated rings. The molecule has 3 rings (SSSR count). The lowest BCUT2D eigenvalue weighted by Crippen LogP contribution is -2.31. The summed E-state index contributed by atoms with van der Waals surface area (Å²) in [6, 6.07) is 15.7. The Morgan fingerprint density at radius 1 is 1.00 bits per heavy atom. The summed E-state index contributed by atoms with van der Waals surface area (Å²) in [6.07, 6.45) is 1.58. The number of hydrogen-bond donors (Lipinski definition) is 0. The molecule has 0 aliphatic carbocycles. The largest absolute Gasteiger partial charge is 0.463 e. The summed E-state index contributed by atoms with van der Waals surface area (Å²) in [5.74, 6) is -1.45. The van der Waals surface area contributed by atoms with Gasteiger partial charge in [-0.25, -0.2) is 14.0 Å². The lowest BCUT2D eigenvalue weighted by molar-refractivity contribution is -0.138. The Bertz CT molecular complexity index is 924. The van der Waals surface area contributed by atoms with Gasteiger partial charge in [0.15, 0.2) is 0 Å². The van der Waals surface area contributed by atoms with Crippen LogP contribution in [0, 0.1) is 0 Å². The van der Waals surface area contributed by atoms with E-state index < -0.39 is 17.8 Å². The summed E-state index contributed by atoms with van der Waals surface area (Å²) < 4.78 is 25.9. The molecular weight excluding hydrogens is 397 g/mol. The Morgan fingerprint density at radius 3 is 2.32 bits per heavy atom. The maximum atomic E-state index is 15.7. The summed E-state index contributed by atoms with van der Waals surface area (Å²) in [7, 11) is 0. The molecule has 1 aliphatic heterocycles. The zero-order chi connectivity index (χ0) is 22.2. The number of nitrogens with zero attached hydrogens (tertiary/aromatic N) is 1. The molecular formula is C25H28FNO4. The predicted octanol–water partition coefficient (Wildman–Crippen LogP) is 4.86. The van der Waals surface area contributed by atoms with Crippen molar-refractivity contribution in [3.05, 3.63) is 77.1 Å². The standard InChI is InChI=1S/C25H28FNO4/c1-3-30-24(28)19-12-14-20(15-13-19)27-16-8-11-22(27)23(26)21(25(29)31-4-2)17-18-9-6-5-7-10-18/h5-7,9-10,12-15,22H,3-4,8,11,16-17H2,1-2H3/b23-21+. The van der Waals surface area contributed by atoms with Crippen LogP contribution in [0.2, 0.25) is 0 Å². The van der Waals surface area contributed by atoms with Crippen LogP contribution in [0.4, 0.5) is 10.1 Å². The zero-order valence-electron chi connectivity index (χ0n) is 18.0. The predicted molar refractivity (Wildman–Crippen MR) is 118 cm³/mol. The SMILES string of the molecule is CCOC(=O)/C(Cc1ccccc1)=C(/F)C1CCCN1c1ccc(C(=O)OCC)cc1. The van der Waals surface area contributed by atoms with Crippen LogP contribution in [-0.4, -0.2) is 37.7 Å². The molecule has 1 aliphatic rings. The summed E-state index contributed by atoms with van der Waals surface area (Å²) >= 11 is 0. The first-order chi connectivity index (χ1) is 15.0. The van der Waals surface area contributed by atoms with Gasteiger partial charge in [-0.05, 0) is 56.5 Å². The Kier molecular flexibility index (Phi) is 7.82. The molecule has 0 saturated carbocycles. The Hall–Kier alpha value is -3.15. The van der Waals surface area contributed by atoms with E-state index in [0.29, 0.717) is 25.1 Å². The van der Waals surface area contributed by atoms with Crippen molar-refractivity contribution in [2.75, 3.05) is 24.7 Å². The number of carbonyl (C=O) groups is 2. The van der Waals surface area contributed by atoms with Gasteiger partial charge in [-0.1, -0.05) is 30.3 Å². The summed E-state index contributed by atoms with van der Waals surface area (Å²) in [6.45, 7) is 4.63. The van der Waals surface area contributed by atoms with Crippen LogP contribution in [0.15, 0.2) is 66.0 Å². The second kappa shape index (κ2) is 10.8. The number of anilines is 1. The molecule has 0 aromatic heterocycles. The van der Waals surface area contributed by atoms with E-state index in [1.807, 2.05) is 35.2 Å². The molecule has 0 N–H and O–H groups in total. The first kappa shape index (κ1) is 22.5. The molecule has 1 saturated heterocycles. The maximum absolute atomic E-state index is 15.7. The highest BCUT2D eigenvalue weighted by molar-refractivity contribution is 5.90. The molecule has 0 bridgehead atoms. The fraction of sp³-hybridized carbons (Fsp3) is 0.360. The molecule has 0 spiro atoms. The first-order valence-corrected chi connectivity index (χ1v) is 10.7. The minimum Gasteiger partial charge on any atom is -0.463 e. The van der Waals surface area contributed by atoms with Crippen molar-refractivity contribution >= 4 is 17.6 Å². The van der Waals surface area contributed by atoms with E-state index in [1.54, 1.807) is 38.1 Å². The van der Waals surface area contributed by atoms with Crippen molar-refractivity contribution in [2.24, 2.45) is 0 Å². The highest BCUT2D eigenvalue weighted by Gasteiger charge is 2.32. The zero-order valence-corrected chi connectivity index (χ0v) is 18.0. The number of rotatable bonds is 8. The topological polar surface area (TPSA) is 55.8 Å². The first-order valence-electron chi connectivity index (χ1n) is 10.7. The van der Waals surface area contributed by atoms with Crippen LogP contribution in [0.25, 0.3) is 0 Å². The monoisotopic (exact) mass is 425 g/mol. The van der Waals surface area contributed by atoms with Gasteiger partial charge in [0, 0.05) is 18.7 Å². The van der Waals surface area contributed by atoms with Crippen molar-refractivity contribution in [2.45, 2.75) is 39.2 Å². The molecule has 31 heavy (non-hydrogen) atoms. The van der Waals surface area contributed by atoms with E-state index in [1.165, 1.54) is 0 Å². The molecule has 1 unspecified atom stereocenters. The van der Waals surface area contributed by atoms with Crippen molar-refractivity contribution in [1.82, 2.24) is 0 Å². The lowest BCUT2D eigenvalue weighted by Gasteiger charge is -2.27. The van der Waals surface area contributed by atoms with E-state index >= 15 is 4.39 Å². The minimum atomic E-state index is -0.617. The summed E-state index contributed by atoms with van der Waals surface area (Å²) in [5, 5.41) is 0. The van der Waals surface area contributed by atoms with E-state index in [4.69, 9.17) is 9.47 Å². The second-order valence-electron chi connectivity index (χ2n) is 7.33. The van der Waals surface area contributed by atoms with Gasteiger partial charge < -0.3 is 14.4 Å². The molecule has 0 radical (unpaired) electrons. The minimum absolute atomic E-state index is 0.0630. The van der Waals surface area contributed by atoms with Gasteiger partial charge in [0.25, 0.3) is 0 Å². The van der Waals surface area contributed by atoms with E-state index in [-0.39, 0.29) is 24.6 Å². The molecule has 1 atom stereocenters. The van der Waals surface area contributed by atoms with Gasteiger partial charge in [-0.15, -0.1) is 0 Å². The molecule has 6 heteroatoms. The van der Waals surface area contributed by atoms with Crippen LogP contribution in [0.3, 0.4) is 0 Å². The smallest absolute Gasteiger partial charge is 0.338 e. The van der Waals surface area contributed by atoms with Crippen LogP contribution in [0.1, 0.15) is 42.6 Å². The fourth-order valence-corrected chi connectivity index (χ4v) is 3.82. The summed E-state index contributed by atoms with van der Waals surface area (Å²) in [5.41, 5.74) is 2.17. The van der Waals surface area contributed by atoms with E-state index in [2.05, 4.69) is 0 Å². The average molecular weight is 426 g/mol. The molecule has 1 heterocycles. The third kappa shape index (κ3) is 5.51. The van der Waals surface area contributed by atoms with Gasteiger partial charge in [-0.2, -0.15) is 0 Å². The Labute approximate surface area is 182 Å². The normalized spacial score (nSPS) is 16.6. The van der Waals surface area contributed by atoms with E-state index in [0.717, 1.165) is 17.7 Å². The number of hydrogen-bond acceptors (Lipinski definition) is 5. The van der Waals surface area contributed by atoms with Crippen molar-refractivity contribution < 1.29 is 23.5 Å². The van der Waals surface area contributed by atoms with E-state index in [9.17, 15) is 9.59 Å². The maximum Gasteiger partial charge on any atom is 0.338 e. The summed E-state index contributed by atoms with van der Waals surface area (Å²) in [4.78, 5) is 26.4. The molecule has 5 nitrogen and oxygen atoms in total. The van der Waals surface area contributed by atoms with Crippen LogP contribution < -0.4 is 4.90 Å². The Morgan fingerprint density at radius 2 is 1.68 bits per heavy atom. The fourth-order valence-electron chi connectivity index (χ4n) is 3.82. The third-order valence-corrected chi connectivity index (χ3v) is 5.29. The molecule has 2 aromatic rings. The van der Waals surface area contributed by atoms with Gasteiger partial charge in [0.2, 0.25) is 0 Å². The van der Waals surface area contributed by atoms with Crippen LogP contribution >= 0.6 is 0 Å². The van der Waals surface area contributed by atoms with Gasteiger partial charge >= 0.3 is 11.9 Å². The van der Waals surface area contributed by atoms with Crippen LogP contribution in [-0.2, 0) is 20.7 Å². The van der Waals surface area contributed by atoms with Gasteiger partial charge in [0.1, 0.15) is 5.83 Å². The number of esters is 2. The highest BCUT2D eigenvalue weighted by atomic mass is 19.1. The van der Waals surface area contributed by atoms with Gasteiger partial charge in [0.05, 0.1) is 30.4 Å². The quantitative estimate of drug-likeness (QED) is 0.447. The van der Waals surface area contributed by atoms with Crippen LogP contribution in [0.5, 0.6) is 0 Å². The van der Waals surface area contributed by atoms with Crippen molar-refractivity contribution in [3.63, 3.8) is 0 Å². The lowest BCUT2D eigenvalue weighted by atomic mass is 10.0.